The number of likely N-dealkylation sites (tertiary alicyclic amines) is 1. The Hall–Kier alpha value is -0.600. The van der Waals surface area contributed by atoms with Crippen molar-refractivity contribution in [3.05, 3.63) is 35.4 Å². The molecule has 102 valence electrons. The third kappa shape index (κ3) is 3.96. The van der Waals surface area contributed by atoms with Crippen LogP contribution in [0.2, 0.25) is 0 Å². The van der Waals surface area contributed by atoms with Crippen LogP contribution in [0.3, 0.4) is 0 Å². The molecule has 1 N–H and O–H groups in total. The number of nitrogens with one attached hydrogen (secondary N) is 1. The highest BCUT2D eigenvalue weighted by atomic mass is 35.5. The molecule has 1 heterocycles. The van der Waals surface area contributed by atoms with E-state index in [0.717, 1.165) is 6.54 Å². The van der Waals surface area contributed by atoms with E-state index >= 15 is 0 Å². The summed E-state index contributed by atoms with van der Waals surface area (Å²) < 4.78 is 12.3. The van der Waals surface area contributed by atoms with E-state index in [2.05, 4.69) is 31.2 Å². The van der Waals surface area contributed by atoms with Crippen LogP contribution in [0.25, 0.3) is 0 Å². The highest BCUT2D eigenvalue weighted by Crippen LogP contribution is 2.19. The topological polar surface area (TPSA) is 4.44 Å². The van der Waals surface area contributed by atoms with Crippen molar-refractivity contribution < 1.29 is 21.7 Å². The molecule has 0 radical (unpaired) electrons. The summed E-state index contributed by atoms with van der Waals surface area (Å²) in [5.41, 5.74) is 2.75. The van der Waals surface area contributed by atoms with E-state index in [0.29, 0.717) is 12.5 Å². The first-order valence-corrected chi connectivity index (χ1v) is 6.78. The number of aryl methyl sites for hydroxylation is 1. The Balaban J connectivity index is 0.00000162. The van der Waals surface area contributed by atoms with Crippen molar-refractivity contribution in [2.24, 2.45) is 0 Å². The molecule has 3 heteroatoms. The van der Waals surface area contributed by atoms with Gasteiger partial charge in [0.25, 0.3) is 0 Å². The third-order valence-corrected chi connectivity index (χ3v) is 3.84. The first kappa shape index (κ1) is 15.5. The highest BCUT2D eigenvalue weighted by molar-refractivity contribution is 5.23. The largest absolute Gasteiger partial charge is 1.00 e. The Morgan fingerprint density at radius 1 is 1.22 bits per heavy atom. The average molecular weight is 272 g/mol. The SMILES string of the molecule is Cc1ccc(C2CCCC[NH+]2CCCF)cc1.[Cl-]. The number of benzene rings is 1. The first-order chi connectivity index (χ1) is 8.31. The number of piperidine rings is 1. The van der Waals surface area contributed by atoms with E-state index in [4.69, 9.17) is 0 Å². The minimum absolute atomic E-state index is 0. The Morgan fingerprint density at radius 3 is 2.61 bits per heavy atom. The van der Waals surface area contributed by atoms with Gasteiger partial charge in [-0.2, -0.15) is 0 Å². The molecule has 2 rings (SSSR count). The van der Waals surface area contributed by atoms with Crippen molar-refractivity contribution >= 4 is 0 Å². The summed E-state index contributed by atoms with van der Waals surface area (Å²) in [5.74, 6) is 0. The van der Waals surface area contributed by atoms with Gasteiger partial charge < -0.3 is 17.3 Å². The summed E-state index contributed by atoms with van der Waals surface area (Å²) in [7, 11) is 0. The second kappa shape index (κ2) is 7.75. The molecule has 0 bridgehead atoms. The summed E-state index contributed by atoms with van der Waals surface area (Å²) >= 11 is 0. The molecule has 0 amide bonds. The predicted molar refractivity (Wildman–Crippen MR) is 69.1 cm³/mol. The molecular weight excluding hydrogens is 249 g/mol. The van der Waals surface area contributed by atoms with Gasteiger partial charge in [-0.05, 0) is 19.8 Å². The monoisotopic (exact) mass is 271 g/mol. The first-order valence-electron chi connectivity index (χ1n) is 6.78. The van der Waals surface area contributed by atoms with Gasteiger partial charge in [-0.1, -0.05) is 29.8 Å². The van der Waals surface area contributed by atoms with E-state index in [1.54, 1.807) is 4.90 Å². The van der Waals surface area contributed by atoms with Gasteiger partial charge in [0.1, 0.15) is 6.04 Å². The summed E-state index contributed by atoms with van der Waals surface area (Å²) in [6.07, 6.45) is 4.57. The number of halogens is 2. The lowest BCUT2D eigenvalue weighted by Gasteiger charge is -2.32. The van der Waals surface area contributed by atoms with E-state index in [1.807, 2.05) is 0 Å². The molecule has 18 heavy (non-hydrogen) atoms. The van der Waals surface area contributed by atoms with E-state index < -0.39 is 0 Å². The fourth-order valence-corrected chi connectivity index (χ4v) is 2.87. The molecule has 1 fully saturated rings. The van der Waals surface area contributed by atoms with Crippen molar-refractivity contribution in [1.82, 2.24) is 0 Å². The van der Waals surface area contributed by atoms with Gasteiger partial charge in [0, 0.05) is 18.4 Å². The van der Waals surface area contributed by atoms with Crippen LogP contribution < -0.4 is 17.3 Å². The number of alkyl halides is 1. The van der Waals surface area contributed by atoms with Crippen LogP contribution in [0, 0.1) is 6.92 Å². The zero-order valence-corrected chi connectivity index (χ0v) is 11.8. The van der Waals surface area contributed by atoms with Crippen molar-refractivity contribution in [3.63, 3.8) is 0 Å². The standard InChI is InChI=1S/C15H22FN.ClH/c1-13-6-8-14(9-7-13)15-5-2-3-11-17(15)12-4-10-16;/h6-9,15H,2-5,10-12H2,1H3;1H. The van der Waals surface area contributed by atoms with Crippen molar-refractivity contribution in [1.29, 1.82) is 0 Å². The quantitative estimate of drug-likeness (QED) is 0.751. The molecule has 2 unspecified atom stereocenters. The fourth-order valence-electron chi connectivity index (χ4n) is 2.87. The molecule has 1 aliphatic heterocycles. The maximum absolute atomic E-state index is 12.3. The lowest BCUT2D eigenvalue weighted by atomic mass is 9.94. The van der Waals surface area contributed by atoms with Gasteiger partial charge in [0.15, 0.2) is 0 Å². The zero-order chi connectivity index (χ0) is 12.1. The van der Waals surface area contributed by atoms with Gasteiger partial charge in [-0.3, -0.25) is 4.39 Å². The summed E-state index contributed by atoms with van der Waals surface area (Å²) in [5, 5.41) is 0. The summed E-state index contributed by atoms with van der Waals surface area (Å²) in [6, 6.07) is 9.48. The fraction of sp³-hybridized carbons (Fsp3) is 0.600. The predicted octanol–water partition coefficient (Wildman–Crippen LogP) is -0.531. The summed E-state index contributed by atoms with van der Waals surface area (Å²) in [6.45, 7) is 4.13. The molecule has 1 nitrogen and oxygen atoms in total. The highest BCUT2D eigenvalue weighted by Gasteiger charge is 2.26. The van der Waals surface area contributed by atoms with Crippen LogP contribution in [-0.4, -0.2) is 19.8 Å². The molecule has 1 saturated heterocycles. The van der Waals surface area contributed by atoms with Crippen LogP contribution in [0.5, 0.6) is 0 Å². The molecule has 1 aliphatic rings. The molecule has 0 aliphatic carbocycles. The normalized spacial score (nSPS) is 23.4. The van der Waals surface area contributed by atoms with Gasteiger partial charge in [0.05, 0.1) is 19.8 Å². The van der Waals surface area contributed by atoms with Gasteiger partial charge >= 0.3 is 0 Å². The van der Waals surface area contributed by atoms with Crippen molar-refractivity contribution in [2.45, 2.75) is 38.6 Å². The number of quaternary nitrogens is 1. The Bertz CT molecular complexity index is 339. The zero-order valence-electron chi connectivity index (χ0n) is 11.1. The van der Waals surface area contributed by atoms with Crippen LogP contribution in [0.15, 0.2) is 24.3 Å². The van der Waals surface area contributed by atoms with Crippen LogP contribution in [0.4, 0.5) is 4.39 Å². The Labute approximate surface area is 116 Å². The lowest BCUT2D eigenvalue weighted by molar-refractivity contribution is -0.937. The summed E-state index contributed by atoms with van der Waals surface area (Å²) in [4.78, 5) is 1.58. The second-order valence-corrected chi connectivity index (χ2v) is 5.16. The van der Waals surface area contributed by atoms with Crippen molar-refractivity contribution in [3.8, 4) is 0 Å². The molecule has 0 aromatic heterocycles. The Kier molecular flexibility index (Phi) is 6.66. The second-order valence-electron chi connectivity index (χ2n) is 5.16. The van der Waals surface area contributed by atoms with Crippen LogP contribution >= 0.6 is 0 Å². The maximum Gasteiger partial charge on any atom is 0.113 e. The van der Waals surface area contributed by atoms with Gasteiger partial charge in [-0.25, -0.2) is 0 Å². The van der Waals surface area contributed by atoms with Crippen LogP contribution in [0.1, 0.15) is 42.9 Å². The third-order valence-electron chi connectivity index (χ3n) is 3.84. The van der Waals surface area contributed by atoms with E-state index in [-0.39, 0.29) is 19.1 Å². The minimum Gasteiger partial charge on any atom is -1.00 e. The Morgan fingerprint density at radius 2 is 1.94 bits per heavy atom. The smallest absolute Gasteiger partial charge is 0.113 e. The van der Waals surface area contributed by atoms with Gasteiger partial charge in [-0.15, -0.1) is 0 Å². The molecule has 2 atom stereocenters. The molecule has 1 aromatic carbocycles. The molecule has 0 saturated carbocycles. The maximum atomic E-state index is 12.3. The van der Waals surface area contributed by atoms with E-state index in [9.17, 15) is 4.39 Å². The minimum atomic E-state index is -0.176. The number of hydrogen-bond acceptors (Lipinski definition) is 0. The van der Waals surface area contributed by atoms with Crippen LogP contribution in [-0.2, 0) is 0 Å². The molecule has 1 aromatic rings. The lowest BCUT2D eigenvalue weighted by Crippen LogP contribution is -3.13. The molecular formula is C15H23ClFN. The number of rotatable bonds is 4. The van der Waals surface area contributed by atoms with E-state index in [1.165, 1.54) is 36.9 Å². The number of hydrogen-bond donors (Lipinski definition) is 1. The van der Waals surface area contributed by atoms with Crippen molar-refractivity contribution in [2.75, 3.05) is 19.8 Å². The average Bonchev–Trinajstić information content (AvgIpc) is 2.38. The van der Waals surface area contributed by atoms with Gasteiger partial charge in [0.2, 0.25) is 0 Å². The molecule has 0 spiro atoms.